The highest BCUT2D eigenvalue weighted by Crippen LogP contribution is 2.14. The van der Waals surface area contributed by atoms with Crippen molar-refractivity contribution in [1.82, 2.24) is 14.5 Å². The van der Waals surface area contributed by atoms with E-state index in [4.69, 9.17) is 11.6 Å². The molecule has 0 aliphatic heterocycles. The summed E-state index contributed by atoms with van der Waals surface area (Å²) in [6.07, 6.45) is 0. The van der Waals surface area contributed by atoms with Crippen LogP contribution >= 0.6 is 11.6 Å². The molecule has 1 aromatic carbocycles. The molecule has 0 unspecified atom stereocenters. The van der Waals surface area contributed by atoms with Gasteiger partial charge in [-0.3, -0.25) is 4.68 Å². The molecule has 0 aliphatic carbocycles. The first-order valence-corrected chi connectivity index (χ1v) is 8.43. The first-order valence-electron chi connectivity index (χ1n) is 6.57. The maximum Gasteiger partial charge on any atom is 0.240 e. The number of nitrogens with one attached hydrogen (secondary N) is 1. The zero-order chi connectivity index (χ0) is 15.6. The maximum absolute atomic E-state index is 12.3. The Hall–Kier alpha value is -1.37. The van der Waals surface area contributed by atoms with E-state index in [1.165, 1.54) is 12.1 Å². The van der Waals surface area contributed by atoms with E-state index in [2.05, 4.69) is 9.82 Å². The molecule has 1 aromatic heterocycles. The van der Waals surface area contributed by atoms with Gasteiger partial charge < -0.3 is 0 Å². The molecular weight excluding hydrogens is 310 g/mol. The molecule has 2 aromatic rings. The van der Waals surface area contributed by atoms with E-state index in [1.807, 2.05) is 26.8 Å². The van der Waals surface area contributed by atoms with Crippen LogP contribution in [-0.4, -0.2) is 24.2 Å². The lowest BCUT2D eigenvalue weighted by Gasteiger charge is -2.15. The molecule has 0 aliphatic rings. The summed E-state index contributed by atoms with van der Waals surface area (Å²) in [5.74, 6) is 0. The van der Waals surface area contributed by atoms with Crippen LogP contribution in [0.5, 0.6) is 0 Å². The molecule has 0 saturated heterocycles. The molecule has 0 radical (unpaired) electrons. The summed E-state index contributed by atoms with van der Waals surface area (Å²) >= 11 is 5.77. The van der Waals surface area contributed by atoms with E-state index >= 15 is 0 Å². The Balaban J connectivity index is 2.09. The molecule has 0 amide bonds. The Labute approximate surface area is 130 Å². The van der Waals surface area contributed by atoms with Crippen molar-refractivity contribution in [3.8, 4) is 0 Å². The molecule has 0 bridgehead atoms. The Kier molecular flexibility index (Phi) is 4.70. The summed E-state index contributed by atoms with van der Waals surface area (Å²) in [5, 5.41) is 4.83. The van der Waals surface area contributed by atoms with Gasteiger partial charge in [-0.25, -0.2) is 13.1 Å². The Morgan fingerprint density at radius 2 is 1.90 bits per heavy atom. The topological polar surface area (TPSA) is 64.0 Å². The lowest BCUT2D eigenvalue weighted by molar-refractivity contribution is 0.485. The standard InChI is InChI=1S/C14H18ClN3O2S/c1-10-8-12(3)18(16-10)9-11(2)17-21(19,20)14-6-4-13(15)5-7-14/h4-8,11,17H,9H2,1-3H3/t11-/m0/s1. The largest absolute Gasteiger partial charge is 0.268 e. The predicted octanol–water partition coefficient (Wildman–Crippen LogP) is 2.52. The van der Waals surface area contributed by atoms with Gasteiger partial charge in [0.1, 0.15) is 0 Å². The molecule has 5 nitrogen and oxygen atoms in total. The van der Waals surface area contributed by atoms with Gasteiger partial charge in [-0.05, 0) is 51.1 Å². The smallest absolute Gasteiger partial charge is 0.240 e. The van der Waals surface area contributed by atoms with E-state index in [1.54, 1.807) is 16.8 Å². The average Bonchev–Trinajstić information content (AvgIpc) is 2.67. The van der Waals surface area contributed by atoms with Crippen molar-refractivity contribution >= 4 is 21.6 Å². The highest BCUT2D eigenvalue weighted by Gasteiger charge is 2.18. The van der Waals surface area contributed by atoms with E-state index < -0.39 is 10.0 Å². The quantitative estimate of drug-likeness (QED) is 0.917. The molecule has 114 valence electrons. The van der Waals surface area contributed by atoms with Crippen molar-refractivity contribution in [3.05, 3.63) is 46.7 Å². The van der Waals surface area contributed by atoms with Gasteiger partial charge in [-0.1, -0.05) is 11.6 Å². The fourth-order valence-corrected chi connectivity index (χ4v) is 3.46. The number of rotatable bonds is 5. The number of aryl methyl sites for hydroxylation is 2. The van der Waals surface area contributed by atoms with Crippen LogP contribution in [0, 0.1) is 13.8 Å². The monoisotopic (exact) mass is 327 g/mol. The third-order valence-electron chi connectivity index (χ3n) is 3.03. The number of hydrogen-bond acceptors (Lipinski definition) is 3. The summed E-state index contributed by atoms with van der Waals surface area (Å²) in [6.45, 7) is 6.14. The first-order chi connectivity index (χ1) is 9.78. The van der Waals surface area contributed by atoms with E-state index in [0.29, 0.717) is 11.6 Å². The van der Waals surface area contributed by atoms with Gasteiger partial charge in [0.25, 0.3) is 0 Å². The van der Waals surface area contributed by atoms with Gasteiger partial charge in [0.05, 0.1) is 17.1 Å². The number of benzene rings is 1. The lowest BCUT2D eigenvalue weighted by atomic mass is 10.3. The van der Waals surface area contributed by atoms with Crippen molar-refractivity contribution in [1.29, 1.82) is 0 Å². The fraction of sp³-hybridized carbons (Fsp3) is 0.357. The fourth-order valence-electron chi connectivity index (χ4n) is 2.10. The van der Waals surface area contributed by atoms with Crippen LogP contribution in [0.3, 0.4) is 0 Å². The summed E-state index contributed by atoms with van der Waals surface area (Å²) in [5.41, 5.74) is 1.92. The lowest BCUT2D eigenvalue weighted by Crippen LogP contribution is -2.36. The van der Waals surface area contributed by atoms with Gasteiger partial charge >= 0.3 is 0 Å². The summed E-state index contributed by atoms with van der Waals surface area (Å²) in [6, 6.07) is 7.77. The highest BCUT2D eigenvalue weighted by atomic mass is 35.5. The average molecular weight is 328 g/mol. The van der Waals surface area contributed by atoms with Crippen LogP contribution in [0.1, 0.15) is 18.3 Å². The molecule has 1 atom stereocenters. The molecule has 7 heteroatoms. The van der Waals surface area contributed by atoms with Crippen molar-refractivity contribution in [2.45, 2.75) is 38.3 Å². The second-order valence-electron chi connectivity index (χ2n) is 5.09. The van der Waals surface area contributed by atoms with Gasteiger partial charge in [-0.2, -0.15) is 5.10 Å². The van der Waals surface area contributed by atoms with Crippen molar-refractivity contribution in [2.24, 2.45) is 0 Å². The normalized spacial score (nSPS) is 13.3. The minimum absolute atomic E-state index is 0.201. The molecule has 0 saturated carbocycles. The van der Waals surface area contributed by atoms with E-state index in [-0.39, 0.29) is 10.9 Å². The van der Waals surface area contributed by atoms with Crippen LogP contribution in [0.15, 0.2) is 35.2 Å². The van der Waals surface area contributed by atoms with Crippen molar-refractivity contribution in [2.75, 3.05) is 0 Å². The molecule has 2 rings (SSSR count). The van der Waals surface area contributed by atoms with Crippen LogP contribution in [-0.2, 0) is 16.6 Å². The zero-order valence-electron chi connectivity index (χ0n) is 12.2. The highest BCUT2D eigenvalue weighted by molar-refractivity contribution is 7.89. The maximum atomic E-state index is 12.3. The summed E-state index contributed by atoms with van der Waals surface area (Å²) in [7, 11) is -3.55. The molecule has 1 heterocycles. The third kappa shape index (κ3) is 4.06. The molecule has 21 heavy (non-hydrogen) atoms. The van der Waals surface area contributed by atoms with Gasteiger partial charge in [-0.15, -0.1) is 0 Å². The van der Waals surface area contributed by atoms with Crippen molar-refractivity contribution in [3.63, 3.8) is 0 Å². The van der Waals surface area contributed by atoms with E-state index in [0.717, 1.165) is 11.4 Å². The zero-order valence-corrected chi connectivity index (χ0v) is 13.7. The number of halogens is 1. The number of aromatic nitrogens is 2. The number of hydrogen-bond donors (Lipinski definition) is 1. The van der Waals surface area contributed by atoms with Crippen LogP contribution in [0.2, 0.25) is 5.02 Å². The van der Waals surface area contributed by atoms with Gasteiger partial charge in [0, 0.05) is 16.8 Å². The Morgan fingerprint density at radius 1 is 1.29 bits per heavy atom. The van der Waals surface area contributed by atoms with Crippen molar-refractivity contribution < 1.29 is 8.42 Å². The predicted molar refractivity (Wildman–Crippen MR) is 82.9 cm³/mol. The van der Waals surface area contributed by atoms with Crippen LogP contribution in [0.4, 0.5) is 0 Å². The van der Waals surface area contributed by atoms with Gasteiger partial charge in [0.2, 0.25) is 10.0 Å². The van der Waals surface area contributed by atoms with Gasteiger partial charge in [0.15, 0.2) is 0 Å². The van der Waals surface area contributed by atoms with Crippen LogP contribution in [0.25, 0.3) is 0 Å². The first kappa shape index (κ1) is 16.0. The third-order valence-corrected chi connectivity index (χ3v) is 4.89. The second kappa shape index (κ2) is 6.17. The molecular formula is C14H18ClN3O2S. The summed E-state index contributed by atoms with van der Waals surface area (Å²) in [4.78, 5) is 0.201. The second-order valence-corrected chi connectivity index (χ2v) is 7.24. The molecule has 0 fully saturated rings. The Morgan fingerprint density at radius 3 is 2.43 bits per heavy atom. The number of nitrogens with zero attached hydrogens (tertiary/aromatic N) is 2. The Bertz CT molecular complexity index is 723. The minimum Gasteiger partial charge on any atom is -0.268 e. The summed E-state index contributed by atoms with van der Waals surface area (Å²) < 4.78 is 28.9. The molecule has 0 spiro atoms. The SMILES string of the molecule is Cc1cc(C)n(C[C@H](C)NS(=O)(=O)c2ccc(Cl)cc2)n1. The minimum atomic E-state index is -3.55. The van der Waals surface area contributed by atoms with E-state index in [9.17, 15) is 8.42 Å². The van der Waals surface area contributed by atoms with Crippen LogP contribution < -0.4 is 4.72 Å². The number of sulfonamides is 1. The molecule has 1 N–H and O–H groups in total.